The van der Waals surface area contributed by atoms with Crippen LogP contribution >= 0.6 is 0 Å². The molecule has 1 fully saturated rings. The van der Waals surface area contributed by atoms with E-state index in [0.29, 0.717) is 18.2 Å². The molecule has 1 saturated carbocycles. The van der Waals surface area contributed by atoms with Crippen molar-refractivity contribution in [3.8, 4) is 0 Å². The van der Waals surface area contributed by atoms with Crippen molar-refractivity contribution in [1.29, 1.82) is 0 Å². The van der Waals surface area contributed by atoms with Crippen LogP contribution in [0.4, 0.5) is 11.4 Å². The molecule has 2 aliphatic rings. The summed E-state index contributed by atoms with van der Waals surface area (Å²) in [5.74, 6) is -0.560. The summed E-state index contributed by atoms with van der Waals surface area (Å²) in [6.45, 7) is 0.514. The van der Waals surface area contributed by atoms with Crippen molar-refractivity contribution in [2.75, 3.05) is 11.4 Å². The minimum absolute atomic E-state index is 0.148. The number of ketones is 1. The zero-order chi connectivity index (χ0) is 13.6. The third kappa shape index (κ3) is 1.99. The Kier molecular flexibility index (Phi) is 2.58. The molecule has 0 radical (unpaired) electrons. The van der Waals surface area contributed by atoms with Gasteiger partial charge in [0, 0.05) is 18.7 Å². The van der Waals surface area contributed by atoms with Crippen LogP contribution in [-0.4, -0.2) is 23.2 Å². The van der Waals surface area contributed by atoms with Crippen LogP contribution in [0.25, 0.3) is 0 Å². The van der Waals surface area contributed by atoms with E-state index in [9.17, 15) is 19.7 Å². The van der Waals surface area contributed by atoms with Gasteiger partial charge in [0.25, 0.3) is 17.4 Å². The average molecular weight is 260 g/mol. The fraction of sp³-hybridized carbons (Fsp3) is 0.385. The Balaban J connectivity index is 1.91. The minimum atomic E-state index is -0.644. The Morgan fingerprint density at radius 2 is 2.05 bits per heavy atom. The molecule has 6 heteroatoms. The van der Waals surface area contributed by atoms with Crippen molar-refractivity contribution in [2.45, 2.75) is 19.3 Å². The molecule has 0 unspecified atom stereocenters. The molecule has 0 aromatic heterocycles. The maximum atomic E-state index is 11.9. The second-order valence-electron chi connectivity index (χ2n) is 4.98. The normalized spacial score (nSPS) is 17.8. The lowest BCUT2D eigenvalue weighted by molar-refractivity contribution is -0.384. The van der Waals surface area contributed by atoms with Crippen LogP contribution in [0.5, 0.6) is 0 Å². The van der Waals surface area contributed by atoms with Crippen molar-refractivity contribution < 1.29 is 14.5 Å². The van der Waals surface area contributed by atoms with Crippen molar-refractivity contribution >= 4 is 23.1 Å². The van der Waals surface area contributed by atoms with Gasteiger partial charge in [-0.15, -0.1) is 0 Å². The SMILES string of the molecule is O=C1C(=O)N(CCC2CC2)c2ccc([N+](=O)[O-])cc21. The molecule has 0 saturated heterocycles. The van der Waals surface area contributed by atoms with Crippen LogP contribution in [0.2, 0.25) is 0 Å². The Morgan fingerprint density at radius 1 is 1.32 bits per heavy atom. The number of carbonyl (C=O) groups is 2. The number of rotatable bonds is 4. The molecule has 0 spiro atoms. The highest BCUT2D eigenvalue weighted by atomic mass is 16.6. The van der Waals surface area contributed by atoms with Gasteiger partial charge in [-0.3, -0.25) is 19.7 Å². The number of hydrogen-bond donors (Lipinski definition) is 0. The van der Waals surface area contributed by atoms with Gasteiger partial charge in [-0.1, -0.05) is 12.8 Å². The number of non-ortho nitro benzene ring substituents is 1. The van der Waals surface area contributed by atoms with Gasteiger partial charge in [0.1, 0.15) is 0 Å². The molecule has 1 amide bonds. The number of amides is 1. The summed E-state index contributed by atoms with van der Waals surface area (Å²) in [6.07, 6.45) is 3.25. The highest BCUT2D eigenvalue weighted by molar-refractivity contribution is 6.52. The number of nitro benzene ring substituents is 1. The number of fused-ring (bicyclic) bond motifs is 1. The number of nitrogens with zero attached hydrogens (tertiary/aromatic N) is 2. The molecule has 1 heterocycles. The minimum Gasteiger partial charge on any atom is -0.305 e. The predicted molar refractivity (Wildman–Crippen MR) is 67.1 cm³/mol. The first-order valence-corrected chi connectivity index (χ1v) is 6.22. The van der Waals surface area contributed by atoms with E-state index in [2.05, 4.69) is 0 Å². The standard InChI is InChI=1S/C13H12N2O4/c16-12-10-7-9(15(18)19)3-4-11(10)14(13(12)17)6-5-8-1-2-8/h3-4,7-8H,1-2,5-6H2. The largest absolute Gasteiger partial charge is 0.305 e. The smallest absolute Gasteiger partial charge is 0.299 e. The van der Waals surface area contributed by atoms with E-state index < -0.39 is 16.6 Å². The Hall–Kier alpha value is -2.24. The fourth-order valence-electron chi connectivity index (χ4n) is 2.34. The topological polar surface area (TPSA) is 80.5 Å². The van der Waals surface area contributed by atoms with E-state index >= 15 is 0 Å². The average Bonchev–Trinajstić information content (AvgIpc) is 3.18. The van der Waals surface area contributed by atoms with Gasteiger partial charge in [0.2, 0.25) is 0 Å². The molecule has 6 nitrogen and oxygen atoms in total. The molecule has 1 aliphatic carbocycles. The van der Waals surface area contributed by atoms with Gasteiger partial charge in [-0.25, -0.2) is 0 Å². The van der Waals surface area contributed by atoms with E-state index in [-0.39, 0.29) is 11.3 Å². The lowest BCUT2D eigenvalue weighted by Gasteiger charge is -2.15. The summed E-state index contributed by atoms with van der Waals surface area (Å²) in [6, 6.07) is 4.00. The summed E-state index contributed by atoms with van der Waals surface area (Å²) in [5.41, 5.74) is 0.486. The van der Waals surface area contributed by atoms with Crippen molar-refractivity contribution in [3.63, 3.8) is 0 Å². The van der Waals surface area contributed by atoms with Crippen LogP contribution in [0.1, 0.15) is 29.6 Å². The number of anilines is 1. The maximum Gasteiger partial charge on any atom is 0.299 e. The molecule has 0 bridgehead atoms. The Bertz CT molecular complexity index is 592. The summed E-state index contributed by atoms with van der Waals surface area (Å²) in [5, 5.41) is 10.7. The van der Waals surface area contributed by atoms with E-state index in [1.807, 2.05) is 0 Å². The maximum absolute atomic E-state index is 11.9. The molecule has 98 valence electrons. The fourth-order valence-corrected chi connectivity index (χ4v) is 2.34. The highest BCUT2D eigenvalue weighted by Crippen LogP contribution is 2.36. The van der Waals surface area contributed by atoms with Crippen LogP contribution in [0.15, 0.2) is 18.2 Å². The third-order valence-corrected chi connectivity index (χ3v) is 3.62. The third-order valence-electron chi connectivity index (χ3n) is 3.62. The second-order valence-corrected chi connectivity index (χ2v) is 4.98. The van der Waals surface area contributed by atoms with Crippen LogP contribution in [0.3, 0.4) is 0 Å². The number of hydrogen-bond acceptors (Lipinski definition) is 4. The van der Waals surface area contributed by atoms with E-state index in [1.165, 1.54) is 35.9 Å². The van der Waals surface area contributed by atoms with Gasteiger partial charge >= 0.3 is 0 Å². The molecule has 0 N–H and O–H groups in total. The molecular weight excluding hydrogens is 248 g/mol. The molecule has 1 aromatic rings. The van der Waals surface area contributed by atoms with Gasteiger partial charge in [-0.05, 0) is 18.4 Å². The van der Waals surface area contributed by atoms with Gasteiger partial charge in [-0.2, -0.15) is 0 Å². The summed E-state index contributed by atoms with van der Waals surface area (Å²) in [4.78, 5) is 35.3. The zero-order valence-corrected chi connectivity index (χ0v) is 10.2. The molecule has 3 rings (SSSR count). The number of carbonyl (C=O) groups excluding carboxylic acids is 2. The van der Waals surface area contributed by atoms with E-state index in [0.717, 1.165) is 6.42 Å². The van der Waals surface area contributed by atoms with Crippen molar-refractivity contribution in [1.82, 2.24) is 0 Å². The monoisotopic (exact) mass is 260 g/mol. The second kappa shape index (κ2) is 4.15. The van der Waals surface area contributed by atoms with Gasteiger partial charge < -0.3 is 4.90 Å². The van der Waals surface area contributed by atoms with Crippen molar-refractivity contribution in [2.24, 2.45) is 5.92 Å². The quantitative estimate of drug-likeness (QED) is 0.470. The lowest BCUT2D eigenvalue weighted by atomic mass is 10.1. The Morgan fingerprint density at radius 3 is 2.68 bits per heavy atom. The summed E-state index contributed by atoms with van der Waals surface area (Å²) >= 11 is 0. The molecular formula is C13H12N2O4. The van der Waals surface area contributed by atoms with Crippen LogP contribution in [0, 0.1) is 16.0 Å². The van der Waals surface area contributed by atoms with E-state index in [1.54, 1.807) is 0 Å². The van der Waals surface area contributed by atoms with Gasteiger partial charge in [0.15, 0.2) is 0 Å². The van der Waals surface area contributed by atoms with Crippen molar-refractivity contribution in [3.05, 3.63) is 33.9 Å². The van der Waals surface area contributed by atoms with Crippen LogP contribution < -0.4 is 4.90 Å². The Labute approximate surface area is 109 Å². The molecule has 1 aliphatic heterocycles. The molecule has 0 atom stereocenters. The highest BCUT2D eigenvalue weighted by Gasteiger charge is 2.37. The first-order chi connectivity index (χ1) is 9.08. The number of benzene rings is 1. The zero-order valence-electron chi connectivity index (χ0n) is 10.2. The van der Waals surface area contributed by atoms with E-state index in [4.69, 9.17) is 0 Å². The molecule has 1 aromatic carbocycles. The van der Waals surface area contributed by atoms with Crippen LogP contribution in [-0.2, 0) is 4.79 Å². The predicted octanol–water partition coefficient (Wildman–Crippen LogP) is 1.92. The lowest BCUT2D eigenvalue weighted by Crippen LogP contribution is -2.30. The number of nitro groups is 1. The summed E-state index contributed by atoms with van der Waals surface area (Å²) < 4.78 is 0. The molecule has 19 heavy (non-hydrogen) atoms. The first kappa shape index (κ1) is 11.8. The van der Waals surface area contributed by atoms with Gasteiger partial charge in [0.05, 0.1) is 16.2 Å². The first-order valence-electron chi connectivity index (χ1n) is 6.22. The number of Topliss-reactive ketones (excluding diaryl/α,β-unsaturated/α-hetero) is 1. The summed E-state index contributed by atoms with van der Waals surface area (Å²) in [7, 11) is 0.